The molecule has 0 aliphatic rings. The van der Waals surface area contributed by atoms with Crippen molar-refractivity contribution in [2.45, 2.75) is 12.5 Å². The first kappa shape index (κ1) is 20.5. The molecular formula is C20H17F4N2S2+. The van der Waals surface area contributed by atoms with Crippen LogP contribution in [-0.2, 0) is 13.1 Å². The van der Waals surface area contributed by atoms with Gasteiger partial charge in [0.15, 0.2) is 15.6 Å². The molecule has 0 bridgehead atoms. The molecule has 0 atom stereocenters. The number of hydrogen-bond acceptors (Lipinski definition) is 2. The Hall–Kier alpha value is -2.19. The van der Waals surface area contributed by atoms with Gasteiger partial charge in [-0.25, -0.2) is 4.57 Å². The summed E-state index contributed by atoms with van der Waals surface area (Å²) in [5, 5.41) is 0. The van der Waals surface area contributed by atoms with Crippen molar-refractivity contribution in [3.05, 3.63) is 66.5 Å². The van der Waals surface area contributed by atoms with E-state index >= 15 is 0 Å². The first-order chi connectivity index (χ1) is 13.3. The average molecular weight is 425 g/mol. The molecule has 0 spiro atoms. The molecule has 0 N–H and O–H groups in total. The van der Waals surface area contributed by atoms with E-state index in [2.05, 4.69) is 0 Å². The molecule has 3 rings (SSSR count). The van der Waals surface area contributed by atoms with E-state index in [1.165, 1.54) is 4.57 Å². The lowest BCUT2D eigenvalue weighted by atomic mass is 10.0. The summed E-state index contributed by atoms with van der Waals surface area (Å²) >= 11 is 6.33. The third-order valence-corrected chi connectivity index (χ3v) is 5.57. The van der Waals surface area contributed by atoms with E-state index in [1.54, 1.807) is 74.0 Å². The van der Waals surface area contributed by atoms with Crippen LogP contribution in [0.5, 0.6) is 0 Å². The molecule has 0 radical (unpaired) electrons. The van der Waals surface area contributed by atoms with Gasteiger partial charge in [-0.3, -0.25) is 0 Å². The molecule has 0 saturated carbocycles. The predicted molar refractivity (Wildman–Crippen MR) is 108 cm³/mol. The number of halogens is 4. The maximum absolute atomic E-state index is 14.8. The lowest BCUT2D eigenvalue weighted by Crippen LogP contribution is -2.41. The predicted octanol–water partition coefficient (Wildman–Crippen LogP) is 5.50. The fourth-order valence-corrected chi connectivity index (χ4v) is 3.76. The highest BCUT2D eigenvalue weighted by Gasteiger charge is 2.54. The first-order valence-electron chi connectivity index (χ1n) is 8.31. The van der Waals surface area contributed by atoms with Gasteiger partial charge in [0.1, 0.15) is 0 Å². The normalized spacial score (nSPS) is 11.8. The Morgan fingerprint density at radius 3 is 1.96 bits per heavy atom. The van der Waals surface area contributed by atoms with Gasteiger partial charge in [0.05, 0.1) is 7.05 Å². The summed E-state index contributed by atoms with van der Waals surface area (Å²) in [7, 11) is 1.56. The maximum Gasteiger partial charge on any atom is 0.460 e. The molecule has 1 heterocycles. The third-order valence-electron chi connectivity index (χ3n) is 4.34. The van der Waals surface area contributed by atoms with Crippen LogP contribution in [0.4, 0.5) is 17.6 Å². The second-order valence-electron chi connectivity index (χ2n) is 6.03. The van der Waals surface area contributed by atoms with Gasteiger partial charge in [0, 0.05) is 11.1 Å². The van der Waals surface area contributed by atoms with Crippen molar-refractivity contribution in [2.24, 2.45) is 7.05 Å². The minimum absolute atomic E-state index is 0.00833. The molecular weight excluding hydrogens is 408 g/mol. The van der Waals surface area contributed by atoms with Crippen LogP contribution in [0.25, 0.3) is 22.5 Å². The highest BCUT2D eigenvalue weighted by Crippen LogP contribution is 2.40. The van der Waals surface area contributed by atoms with Crippen LogP contribution >= 0.6 is 24.0 Å². The lowest BCUT2D eigenvalue weighted by Gasteiger charge is -2.16. The van der Waals surface area contributed by atoms with Crippen molar-refractivity contribution in [3.63, 3.8) is 0 Å². The molecule has 28 heavy (non-hydrogen) atoms. The average Bonchev–Trinajstić information content (AvgIpc) is 3.02. The molecule has 2 nitrogen and oxygen atoms in total. The minimum atomic E-state index is -4.44. The first-order valence-corrected chi connectivity index (χ1v) is 9.94. The van der Waals surface area contributed by atoms with E-state index in [4.69, 9.17) is 12.2 Å². The van der Waals surface area contributed by atoms with E-state index < -0.39 is 12.5 Å². The Morgan fingerprint density at radius 2 is 1.50 bits per heavy atom. The summed E-state index contributed by atoms with van der Waals surface area (Å²) in [5.41, 5.74) is 1.40. The van der Waals surface area contributed by atoms with E-state index in [-0.39, 0.29) is 15.7 Å². The summed E-state index contributed by atoms with van der Waals surface area (Å²) in [6.07, 6.45) is -2.26. The van der Waals surface area contributed by atoms with Crippen molar-refractivity contribution >= 4 is 28.2 Å². The fraction of sp³-hybridized carbons (Fsp3) is 0.200. The van der Waals surface area contributed by atoms with Gasteiger partial charge in [-0.15, -0.1) is 11.8 Å². The number of hydrogen-bond donors (Lipinski definition) is 0. The van der Waals surface area contributed by atoms with Crippen LogP contribution < -0.4 is 4.57 Å². The zero-order chi connectivity index (χ0) is 20.5. The molecule has 0 aliphatic carbocycles. The molecule has 1 aromatic heterocycles. The van der Waals surface area contributed by atoms with E-state index in [0.29, 0.717) is 21.4 Å². The Balaban J connectivity index is 2.51. The smallest absolute Gasteiger partial charge is 0.224 e. The molecule has 146 valence electrons. The molecule has 0 unspecified atom stereocenters. The number of aromatic nitrogens is 2. The Bertz CT molecular complexity index is 986. The summed E-state index contributed by atoms with van der Waals surface area (Å²) in [4.78, 5) is 0. The van der Waals surface area contributed by atoms with Crippen LogP contribution in [0.3, 0.4) is 0 Å². The van der Waals surface area contributed by atoms with Crippen molar-refractivity contribution < 1.29 is 22.1 Å². The molecule has 8 heteroatoms. The van der Waals surface area contributed by atoms with Gasteiger partial charge < -0.3 is 0 Å². The van der Waals surface area contributed by atoms with Gasteiger partial charge >= 0.3 is 18.3 Å². The summed E-state index contributed by atoms with van der Waals surface area (Å²) in [6, 6.07) is 12.7. The standard InChI is InChI=1S/C20H17F4N2S2/c1-25-15(13-9-5-3-6-10-13)16(14-11-7-4-8-12-14)26(17(25)18(27)28-2)20(23,24)19(21)22/h3-12,19H,1-2H3/q+1. The topological polar surface area (TPSA) is 8.81 Å². The number of nitrogens with zero attached hydrogens (tertiary/aromatic N) is 2. The second-order valence-corrected chi connectivity index (χ2v) is 7.51. The van der Waals surface area contributed by atoms with Gasteiger partial charge in [0.2, 0.25) is 0 Å². The molecule has 3 aromatic rings. The number of alkyl halides is 4. The molecule has 0 amide bonds. The number of thioether (sulfide) groups is 1. The molecule has 0 fully saturated rings. The van der Waals surface area contributed by atoms with Gasteiger partial charge in [0.25, 0.3) is 0 Å². The van der Waals surface area contributed by atoms with Gasteiger partial charge in [-0.1, -0.05) is 72.9 Å². The molecule has 0 saturated heterocycles. The second kappa shape index (κ2) is 8.05. The van der Waals surface area contributed by atoms with E-state index in [9.17, 15) is 17.6 Å². The quantitative estimate of drug-likeness (QED) is 0.303. The van der Waals surface area contributed by atoms with Crippen molar-refractivity contribution in [1.29, 1.82) is 0 Å². The number of imidazole rings is 1. The van der Waals surface area contributed by atoms with Crippen molar-refractivity contribution in [1.82, 2.24) is 4.57 Å². The number of benzene rings is 2. The van der Waals surface area contributed by atoms with E-state index in [1.807, 2.05) is 0 Å². The van der Waals surface area contributed by atoms with Gasteiger partial charge in [-0.2, -0.15) is 22.1 Å². The number of thiocarbonyl (C=S) groups is 1. The van der Waals surface area contributed by atoms with Crippen LogP contribution in [0, 0.1) is 0 Å². The maximum atomic E-state index is 14.8. The van der Waals surface area contributed by atoms with Crippen LogP contribution in [0.1, 0.15) is 5.82 Å². The van der Waals surface area contributed by atoms with Crippen LogP contribution in [0.15, 0.2) is 60.7 Å². The SMILES string of the molecule is CSC(=S)c1n(C(F)(F)C(F)F)c(-c2ccccc2)c(-c2ccccc2)[n+]1C. The van der Waals surface area contributed by atoms with Crippen molar-refractivity contribution in [3.8, 4) is 22.5 Å². The van der Waals surface area contributed by atoms with Crippen LogP contribution in [0.2, 0.25) is 0 Å². The number of rotatable bonds is 5. The molecule has 0 aliphatic heterocycles. The summed E-state index contributed by atoms with van der Waals surface area (Å²) in [5.74, 6) is -0.134. The third kappa shape index (κ3) is 3.46. The molecule has 2 aromatic carbocycles. The van der Waals surface area contributed by atoms with E-state index in [0.717, 1.165) is 11.8 Å². The lowest BCUT2D eigenvalue weighted by molar-refractivity contribution is -0.661. The zero-order valence-corrected chi connectivity index (χ0v) is 16.7. The fourth-order valence-electron chi connectivity index (χ4n) is 3.12. The van der Waals surface area contributed by atoms with Crippen LogP contribution in [-0.4, -0.2) is 21.4 Å². The Morgan fingerprint density at radius 1 is 1.00 bits per heavy atom. The highest BCUT2D eigenvalue weighted by molar-refractivity contribution is 8.23. The van der Waals surface area contributed by atoms with Crippen molar-refractivity contribution in [2.75, 3.05) is 6.26 Å². The Kier molecular flexibility index (Phi) is 5.90. The highest BCUT2D eigenvalue weighted by atomic mass is 32.2. The monoisotopic (exact) mass is 425 g/mol. The summed E-state index contributed by atoms with van der Waals surface area (Å²) < 4.78 is 58.5. The van der Waals surface area contributed by atoms with Gasteiger partial charge in [-0.05, 0) is 6.26 Å². The zero-order valence-electron chi connectivity index (χ0n) is 15.1. The largest absolute Gasteiger partial charge is 0.460 e. The summed E-state index contributed by atoms with van der Waals surface area (Å²) in [6.45, 7) is 0. The minimum Gasteiger partial charge on any atom is -0.224 e. The Labute approximate surface area is 169 Å².